The zero-order chi connectivity index (χ0) is 38.2. The summed E-state index contributed by atoms with van der Waals surface area (Å²) in [5, 5.41) is 6.14. The second kappa shape index (κ2) is 18.0. The molecule has 2 fully saturated rings. The molecule has 13 nitrogen and oxygen atoms in total. The first-order valence-electron chi connectivity index (χ1n) is 17.2. The van der Waals surface area contributed by atoms with Gasteiger partial charge in [0.1, 0.15) is 23.3 Å². The molecule has 0 saturated carbocycles. The summed E-state index contributed by atoms with van der Waals surface area (Å²) >= 11 is 12.7. The Morgan fingerprint density at radius 1 is 0.792 bits per heavy atom. The number of carbonyl (C=O) groups is 1. The van der Waals surface area contributed by atoms with E-state index in [2.05, 4.69) is 35.5 Å². The highest BCUT2D eigenvalue weighted by Gasteiger charge is 2.29. The van der Waals surface area contributed by atoms with E-state index in [0.717, 1.165) is 42.2 Å². The maximum absolute atomic E-state index is 14.2. The number of aryl methyl sites for hydroxylation is 2. The minimum absolute atomic E-state index is 0.0736. The van der Waals surface area contributed by atoms with E-state index in [1.54, 1.807) is 12.1 Å². The molecule has 2 aliphatic heterocycles. The Labute approximate surface area is 317 Å². The van der Waals surface area contributed by atoms with Crippen LogP contribution in [0.1, 0.15) is 61.3 Å². The summed E-state index contributed by atoms with van der Waals surface area (Å²) in [6.07, 6.45) is 1.63. The van der Waals surface area contributed by atoms with Crippen LogP contribution >= 0.6 is 23.2 Å². The molecule has 17 heteroatoms. The fourth-order valence-electron chi connectivity index (χ4n) is 6.32. The number of benzene rings is 2. The average molecular weight is 774 g/mol. The van der Waals surface area contributed by atoms with E-state index in [9.17, 15) is 13.6 Å². The molecule has 2 aromatic carbocycles. The molecule has 0 bridgehead atoms. The molecule has 2 atom stereocenters. The Balaban J connectivity index is 0.000000204. The topological polar surface area (TPSA) is 170 Å². The Morgan fingerprint density at radius 2 is 1.25 bits per heavy atom. The third-order valence-electron chi connectivity index (χ3n) is 8.55. The molecule has 1 amide bonds. The lowest BCUT2D eigenvalue weighted by Gasteiger charge is -2.31. The molecule has 2 aromatic heterocycles. The predicted octanol–water partition coefficient (Wildman–Crippen LogP) is 6.65. The van der Waals surface area contributed by atoms with Gasteiger partial charge in [-0.05, 0) is 69.0 Å². The highest BCUT2D eigenvalue weighted by Crippen LogP contribution is 2.37. The SMILES string of the molecule is CC(=O)Nc1cc(C2COCCCN2c2cc(C)nc(N)n2)c(Cl)cc1F.CCNc1cc(C2COCCCN2c2cc(C)nc(N)n2)c(Cl)cc1F. The Bertz CT molecular complexity index is 1880. The van der Waals surface area contributed by atoms with Crippen LogP contribution in [0.25, 0.3) is 0 Å². The van der Waals surface area contributed by atoms with Crippen LogP contribution in [0.4, 0.5) is 43.7 Å². The number of ether oxygens (including phenoxy) is 2. The van der Waals surface area contributed by atoms with Crippen molar-refractivity contribution in [3.8, 4) is 0 Å². The molecule has 4 heterocycles. The number of hydrogen-bond acceptors (Lipinski definition) is 12. The summed E-state index contributed by atoms with van der Waals surface area (Å²) in [6, 6.07) is 9.05. The first-order chi connectivity index (χ1) is 25.3. The zero-order valence-electron chi connectivity index (χ0n) is 30.1. The first-order valence-corrected chi connectivity index (χ1v) is 18.0. The summed E-state index contributed by atoms with van der Waals surface area (Å²) in [5.74, 6) is 0.440. The van der Waals surface area contributed by atoms with Gasteiger partial charge in [-0.25, -0.2) is 18.7 Å². The highest BCUT2D eigenvalue weighted by molar-refractivity contribution is 6.32. The van der Waals surface area contributed by atoms with Crippen molar-refractivity contribution in [1.29, 1.82) is 0 Å². The highest BCUT2D eigenvalue weighted by atomic mass is 35.5. The van der Waals surface area contributed by atoms with Crippen molar-refractivity contribution in [3.05, 3.63) is 80.6 Å². The summed E-state index contributed by atoms with van der Waals surface area (Å²) in [7, 11) is 0. The number of amides is 1. The molecule has 0 spiro atoms. The van der Waals surface area contributed by atoms with Gasteiger partial charge in [-0.1, -0.05) is 23.2 Å². The predicted molar refractivity (Wildman–Crippen MR) is 205 cm³/mol. The van der Waals surface area contributed by atoms with Gasteiger partial charge in [0.25, 0.3) is 0 Å². The van der Waals surface area contributed by atoms with Crippen LogP contribution in [0.5, 0.6) is 0 Å². The maximum atomic E-state index is 14.2. The Morgan fingerprint density at radius 3 is 1.68 bits per heavy atom. The molecule has 4 aromatic rings. The van der Waals surface area contributed by atoms with Gasteiger partial charge in [-0.15, -0.1) is 0 Å². The van der Waals surface area contributed by atoms with Crippen molar-refractivity contribution in [2.75, 3.05) is 78.0 Å². The van der Waals surface area contributed by atoms with Crippen LogP contribution in [0.3, 0.4) is 0 Å². The smallest absolute Gasteiger partial charge is 0.222 e. The van der Waals surface area contributed by atoms with Crippen LogP contribution in [0, 0.1) is 25.5 Å². The van der Waals surface area contributed by atoms with Crippen molar-refractivity contribution in [1.82, 2.24) is 19.9 Å². The number of anilines is 6. The van der Waals surface area contributed by atoms with Crippen molar-refractivity contribution < 1.29 is 23.0 Å². The minimum Gasteiger partial charge on any atom is -0.383 e. The summed E-state index contributed by atoms with van der Waals surface area (Å²) in [4.78, 5) is 32.5. The maximum Gasteiger partial charge on any atom is 0.222 e. The fraction of sp³-hybridized carbons (Fsp3) is 0.417. The third kappa shape index (κ3) is 10.1. The molecular formula is C36H44Cl2F2N10O3. The van der Waals surface area contributed by atoms with Crippen molar-refractivity contribution in [3.63, 3.8) is 0 Å². The number of nitrogen functional groups attached to an aromatic ring is 2. The number of aromatic nitrogens is 4. The summed E-state index contributed by atoms with van der Waals surface area (Å²) in [5.41, 5.74) is 15.1. The lowest BCUT2D eigenvalue weighted by molar-refractivity contribution is -0.114. The Hall–Kier alpha value is -4.57. The van der Waals surface area contributed by atoms with Crippen LogP contribution in [0.2, 0.25) is 10.0 Å². The molecule has 284 valence electrons. The number of carbonyl (C=O) groups excluding carboxylic acids is 1. The minimum atomic E-state index is -0.595. The molecule has 6 rings (SSSR count). The molecule has 0 radical (unpaired) electrons. The standard InChI is InChI=1S/C18H21ClFN5O2.C18H23ClFN5O/c1-10-6-17(24-18(21)22-10)25-4-3-5-27-9-16(25)12-7-15(23-11(2)26)14(20)8-13(12)19;1-3-22-15-8-12(13(19)9-14(15)20)16-10-26-6-4-5-25(16)17-7-11(2)23-18(21)24-17/h6-8,16H,3-5,9H2,1-2H3,(H,23,26)(H2,21,22,24);7-9,16,22H,3-6,10H2,1-2H3,(H2,21,23,24). The first kappa shape index (κ1) is 39.6. The Kier molecular flexibility index (Phi) is 13.4. The van der Waals surface area contributed by atoms with Gasteiger partial charge in [0.05, 0.1) is 36.7 Å². The van der Waals surface area contributed by atoms with Crippen molar-refractivity contribution >= 4 is 64.0 Å². The van der Waals surface area contributed by atoms with Crippen LogP contribution < -0.4 is 31.9 Å². The normalized spacial score (nSPS) is 17.7. The van der Waals surface area contributed by atoms with Gasteiger partial charge in [0.15, 0.2) is 0 Å². The number of nitrogens with two attached hydrogens (primary N) is 2. The number of nitrogens with zero attached hydrogens (tertiary/aromatic N) is 6. The molecular weight excluding hydrogens is 729 g/mol. The molecule has 2 saturated heterocycles. The average Bonchev–Trinajstić information content (AvgIpc) is 3.48. The molecule has 6 N–H and O–H groups in total. The molecule has 2 aliphatic rings. The van der Waals surface area contributed by atoms with E-state index in [1.807, 2.05) is 37.8 Å². The number of rotatable bonds is 7. The largest absolute Gasteiger partial charge is 0.383 e. The molecule has 53 heavy (non-hydrogen) atoms. The van der Waals surface area contributed by atoms with Gasteiger partial charge in [0.2, 0.25) is 17.8 Å². The summed E-state index contributed by atoms with van der Waals surface area (Å²) in [6.45, 7) is 11.0. The second-order valence-electron chi connectivity index (χ2n) is 12.6. The van der Waals surface area contributed by atoms with Gasteiger partial charge in [-0.2, -0.15) is 9.97 Å². The van der Waals surface area contributed by atoms with E-state index in [0.29, 0.717) is 61.6 Å². The van der Waals surface area contributed by atoms with E-state index in [-0.39, 0.29) is 46.4 Å². The van der Waals surface area contributed by atoms with E-state index < -0.39 is 5.82 Å². The molecule has 2 unspecified atom stereocenters. The van der Waals surface area contributed by atoms with Crippen LogP contribution in [-0.4, -0.2) is 71.9 Å². The number of halogens is 4. The number of hydrogen-bond donors (Lipinski definition) is 4. The second-order valence-corrected chi connectivity index (χ2v) is 13.5. The lowest BCUT2D eigenvalue weighted by atomic mass is 10.0. The van der Waals surface area contributed by atoms with Gasteiger partial charge >= 0.3 is 0 Å². The van der Waals surface area contributed by atoms with Gasteiger partial charge < -0.3 is 41.4 Å². The van der Waals surface area contributed by atoms with E-state index in [4.69, 9.17) is 44.1 Å². The zero-order valence-corrected chi connectivity index (χ0v) is 31.6. The van der Waals surface area contributed by atoms with Gasteiger partial charge in [-0.3, -0.25) is 4.79 Å². The monoisotopic (exact) mass is 772 g/mol. The lowest BCUT2D eigenvalue weighted by Crippen LogP contribution is -2.32. The van der Waals surface area contributed by atoms with Crippen LogP contribution in [0.15, 0.2) is 36.4 Å². The van der Waals surface area contributed by atoms with E-state index >= 15 is 0 Å². The van der Waals surface area contributed by atoms with E-state index in [1.165, 1.54) is 19.1 Å². The van der Waals surface area contributed by atoms with Gasteiger partial charge in [0, 0.05) is 73.3 Å². The third-order valence-corrected chi connectivity index (χ3v) is 9.21. The van der Waals surface area contributed by atoms with Crippen molar-refractivity contribution in [2.24, 2.45) is 0 Å². The molecule has 0 aliphatic carbocycles. The summed E-state index contributed by atoms with van der Waals surface area (Å²) < 4.78 is 39.8. The number of nitrogens with one attached hydrogen (secondary N) is 2. The fourth-order valence-corrected chi connectivity index (χ4v) is 6.87. The van der Waals surface area contributed by atoms with Crippen molar-refractivity contribution in [2.45, 2.75) is 52.6 Å². The quantitative estimate of drug-likeness (QED) is 0.158. The van der Waals surface area contributed by atoms with Crippen LogP contribution in [-0.2, 0) is 14.3 Å².